The number of hydrogen-bond donors (Lipinski definition) is 2. The van der Waals surface area contributed by atoms with Crippen LogP contribution >= 0.6 is 0 Å². The van der Waals surface area contributed by atoms with Gasteiger partial charge >= 0.3 is 6.03 Å². The number of rotatable bonds is 7. The maximum absolute atomic E-state index is 13.9. The fourth-order valence-corrected chi connectivity index (χ4v) is 5.02. The Kier molecular flexibility index (Phi) is 9.86. The normalized spacial score (nSPS) is 17.9. The molecule has 0 unspecified atom stereocenters. The molecule has 0 aliphatic carbocycles. The summed E-state index contributed by atoms with van der Waals surface area (Å²) in [6.07, 6.45) is -0.404. The number of aliphatic hydroxyl groups excluding tert-OH is 1. The van der Waals surface area contributed by atoms with Crippen molar-refractivity contribution >= 4 is 17.6 Å². The van der Waals surface area contributed by atoms with Crippen molar-refractivity contribution in [2.75, 3.05) is 46.3 Å². The van der Waals surface area contributed by atoms with E-state index in [4.69, 9.17) is 14.2 Å². The first-order valence-corrected chi connectivity index (χ1v) is 13.7. The van der Waals surface area contributed by atoms with Gasteiger partial charge in [-0.2, -0.15) is 0 Å². The summed E-state index contributed by atoms with van der Waals surface area (Å²) in [6, 6.07) is 19.9. The molecule has 3 aromatic rings. The molecular formula is C32H39N3O6. The van der Waals surface area contributed by atoms with Crippen LogP contribution in [-0.2, 0) is 11.3 Å². The second-order valence-corrected chi connectivity index (χ2v) is 10.4. The third-order valence-corrected chi connectivity index (χ3v) is 7.55. The molecule has 1 aliphatic heterocycles. The van der Waals surface area contributed by atoms with Crippen LogP contribution in [0.4, 0.5) is 10.5 Å². The largest absolute Gasteiger partial charge is 0.497 e. The zero-order chi connectivity index (χ0) is 29.5. The van der Waals surface area contributed by atoms with Gasteiger partial charge in [-0.05, 0) is 41.8 Å². The van der Waals surface area contributed by atoms with Gasteiger partial charge < -0.3 is 34.4 Å². The van der Waals surface area contributed by atoms with E-state index in [2.05, 4.69) is 5.32 Å². The summed E-state index contributed by atoms with van der Waals surface area (Å²) < 4.78 is 17.2. The topological polar surface area (TPSA) is 101 Å². The second kappa shape index (κ2) is 13.5. The first-order valence-electron chi connectivity index (χ1n) is 13.7. The highest BCUT2D eigenvalue weighted by Gasteiger charge is 2.31. The molecule has 0 bridgehead atoms. The van der Waals surface area contributed by atoms with Gasteiger partial charge in [0.05, 0.1) is 45.3 Å². The summed E-state index contributed by atoms with van der Waals surface area (Å²) in [4.78, 5) is 30.5. The van der Waals surface area contributed by atoms with Crippen LogP contribution in [0.3, 0.4) is 0 Å². The van der Waals surface area contributed by atoms with E-state index < -0.39 is 12.1 Å². The van der Waals surface area contributed by atoms with E-state index >= 15 is 0 Å². The summed E-state index contributed by atoms with van der Waals surface area (Å²) in [6.45, 7) is 4.59. The molecule has 0 fully saturated rings. The number of methoxy groups -OCH3 is 2. The summed E-state index contributed by atoms with van der Waals surface area (Å²) >= 11 is 0. The Bertz CT molecular complexity index is 1360. The Balaban J connectivity index is 1.62. The lowest BCUT2D eigenvalue weighted by Crippen LogP contribution is -2.48. The third-order valence-electron chi connectivity index (χ3n) is 7.55. The van der Waals surface area contributed by atoms with Gasteiger partial charge in [-0.1, -0.05) is 49.4 Å². The number of urea groups is 1. The van der Waals surface area contributed by atoms with Crippen molar-refractivity contribution in [3.8, 4) is 22.6 Å². The average Bonchev–Trinajstić information content (AvgIpc) is 3.02. The van der Waals surface area contributed by atoms with Crippen LogP contribution in [0.15, 0.2) is 66.7 Å². The Labute approximate surface area is 241 Å². The van der Waals surface area contributed by atoms with Crippen molar-refractivity contribution < 1.29 is 28.9 Å². The number of amides is 3. The molecule has 218 valence electrons. The molecule has 3 atom stereocenters. The van der Waals surface area contributed by atoms with Crippen molar-refractivity contribution in [3.63, 3.8) is 0 Å². The van der Waals surface area contributed by atoms with Crippen LogP contribution in [0.5, 0.6) is 11.5 Å². The monoisotopic (exact) mass is 561 g/mol. The predicted octanol–water partition coefficient (Wildman–Crippen LogP) is 4.89. The lowest BCUT2D eigenvalue weighted by molar-refractivity contribution is -0.0178. The lowest BCUT2D eigenvalue weighted by atomic mass is 9.94. The minimum atomic E-state index is -0.404. The molecule has 41 heavy (non-hydrogen) atoms. The van der Waals surface area contributed by atoms with Gasteiger partial charge in [0, 0.05) is 37.7 Å². The number of ether oxygens (including phenoxy) is 3. The maximum atomic E-state index is 13.9. The number of nitrogens with zero attached hydrogens (tertiary/aromatic N) is 2. The Morgan fingerprint density at radius 2 is 1.76 bits per heavy atom. The van der Waals surface area contributed by atoms with Crippen LogP contribution < -0.4 is 14.8 Å². The summed E-state index contributed by atoms with van der Waals surface area (Å²) in [5.41, 5.74) is 3.78. The first kappa shape index (κ1) is 29.9. The quantitative estimate of drug-likeness (QED) is 0.426. The lowest BCUT2D eigenvalue weighted by Gasteiger charge is -2.35. The molecule has 0 saturated heterocycles. The van der Waals surface area contributed by atoms with Gasteiger partial charge in [-0.3, -0.25) is 4.79 Å². The Morgan fingerprint density at radius 3 is 2.44 bits per heavy atom. The standard InChI is InChI=1S/C32H39N3O6/c1-21-17-35(22(2)19-36)31(37)27-13-9-8-12-26(27)25-11-7-6-10-23(25)20-41-30(21)18-34(3)32(38)33-28-15-14-24(39-4)16-29(28)40-5/h6-16,21-22,30,36H,17-20H2,1-5H3,(H,33,38)/t21-,22+,30-/m1/s1. The number of benzene rings is 3. The van der Waals surface area contributed by atoms with E-state index in [0.717, 1.165) is 16.7 Å². The van der Waals surface area contributed by atoms with E-state index in [-0.39, 0.29) is 31.0 Å². The summed E-state index contributed by atoms with van der Waals surface area (Å²) in [7, 11) is 4.80. The highest BCUT2D eigenvalue weighted by molar-refractivity contribution is 6.01. The van der Waals surface area contributed by atoms with Gasteiger partial charge in [0.2, 0.25) is 0 Å². The second-order valence-electron chi connectivity index (χ2n) is 10.4. The van der Waals surface area contributed by atoms with E-state index in [0.29, 0.717) is 35.9 Å². The van der Waals surface area contributed by atoms with E-state index in [1.165, 1.54) is 7.11 Å². The number of fused-ring (bicyclic) bond motifs is 3. The first-order chi connectivity index (χ1) is 19.8. The van der Waals surface area contributed by atoms with Crippen molar-refractivity contribution in [1.29, 1.82) is 0 Å². The smallest absolute Gasteiger partial charge is 0.321 e. The number of nitrogens with one attached hydrogen (secondary N) is 1. The van der Waals surface area contributed by atoms with E-state index in [1.807, 2.05) is 62.4 Å². The molecule has 2 N–H and O–H groups in total. The van der Waals surface area contributed by atoms with Crippen LogP contribution in [0, 0.1) is 5.92 Å². The van der Waals surface area contributed by atoms with E-state index in [9.17, 15) is 14.7 Å². The summed E-state index contributed by atoms with van der Waals surface area (Å²) in [5.74, 6) is 0.791. The molecule has 9 nitrogen and oxygen atoms in total. The zero-order valence-corrected chi connectivity index (χ0v) is 24.3. The summed E-state index contributed by atoms with van der Waals surface area (Å²) in [5, 5.41) is 12.9. The average molecular weight is 562 g/mol. The maximum Gasteiger partial charge on any atom is 0.321 e. The predicted molar refractivity (Wildman–Crippen MR) is 158 cm³/mol. The highest BCUT2D eigenvalue weighted by Crippen LogP contribution is 2.32. The van der Waals surface area contributed by atoms with Crippen LogP contribution in [-0.4, -0.2) is 80.0 Å². The minimum Gasteiger partial charge on any atom is -0.497 e. The molecule has 1 heterocycles. The minimum absolute atomic E-state index is 0.151. The molecule has 4 rings (SSSR count). The fourth-order valence-electron chi connectivity index (χ4n) is 5.02. The molecule has 0 aromatic heterocycles. The molecule has 9 heteroatoms. The van der Waals surface area contributed by atoms with Gasteiger partial charge in [0.25, 0.3) is 5.91 Å². The third kappa shape index (κ3) is 6.81. The number of likely N-dealkylation sites (N-methyl/N-ethyl adjacent to an activating group) is 1. The number of hydrogen-bond acceptors (Lipinski definition) is 6. The van der Waals surface area contributed by atoms with Crippen LogP contribution in [0.1, 0.15) is 29.8 Å². The number of anilines is 1. The van der Waals surface area contributed by atoms with Crippen molar-refractivity contribution in [2.24, 2.45) is 5.92 Å². The fraction of sp³-hybridized carbons (Fsp3) is 0.375. The number of carbonyl (C=O) groups is 2. The molecule has 1 aliphatic rings. The number of carbonyl (C=O) groups excluding carboxylic acids is 2. The van der Waals surface area contributed by atoms with Gasteiger partial charge in [-0.15, -0.1) is 0 Å². The van der Waals surface area contributed by atoms with Crippen molar-refractivity contribution in [1.82, 2.24) is 9.80 Å². The zero-order valence-electron chi connectivity index (χ0n) is 24.3. The van der Waals surface area contributed by atoms with Crippen LogP contribution in [0.2, 0.25) is 0 Å². The van der Waals surface area contributed by atoms with Crippen molar-refractivity contribution in [2.45, 2.75) is 32.6 Å². The van der Waals surface area contributed by atoms with Crippen LogP contribution in [0.25, 0.3) is 11.1 Å². The Morgan fingerprint density at radius 1 is 1.07 bits per heavy atom. The molecule has 0 radical (unpaired) electrons. The van der Waals surface area contributed by atoms with Gasteiger partial charge in [-0.25, -0.2) is 4.79 Å². The van der Waals surface area contributed by atoms with Gasteiger partial charge in [0.15, 0.2) is 0 Å². The molecule has 3 amide bonds. The molecule has 3 aromatic carbocycles. The SMILES string of the molecule is COc1ccc(NC(=O)N(C)C[C@H]2OCc3ccccc3-c3ccccc3C(=O)N([C@@H](C)CO)C[C@H]2C)c(OC)c1. The highest BCUT2D eigenvalue weighted by atomic mass is 16.5. The van der Waals surface area contributed by atoms with Crippen molar-refractivity contribution in [3.05, 3.63) is 77.9 Å². The number of aliphatic hydroxyl groups is 1. The molecule has 0 spiro atoms. The molecular weight excluding hydrogens is 522 g/mol. The van der Waals surface area contributed by atoms with Gasteiger partial charge in [0.1, 0.15) is 11.5 Å². The molecule has 0 saturated carbocycles. The Hall–Kier alpha value is -4.08. The van der Waals surface area contributed by atoms with E-state index in [1.54, 1.807) is 42.2 Å².